The third-order valence-electron chi connectivity index (χ3n) is 6.98. The van der Waals surface area contributed by atoms with Crippen molar-refractivity contribution >= 4 is 5.78 Å². The van der Waals surface area contributed by atoms with Crippen LogP contribution < -0.4 is 4.74 Å². The number of benzene rings is 2. The lowest BCUT2D eigenvalue weighted by atomic mass is 10.1. The van der Waals surface area contributed by atoms with Gasteiger partial charge in [0, 0.05) is 44.8 Å². The maximum absolute atomic E-state index is 13.4. The smallest absolute Gasteiger partial charge is 0.147 e. The maximum Gasteiger partial charge on any atom is 0.147 e. The molecule has 1 atom stereocenters. The summed E-state index contributed by atoms with van der Waals surface area (Å²) in [6.07, 6.45) is 1.33. The number of ether oxygens (including phenoxy) is 1. The standard InChI is InChI=1S/C31H41FN4O3/c1-23(2)18-28-19-26(33-36(28)27-9-6-25(32)7-10-27)8-11-29(37)20-34-14-16-35(17-15-34)21-30(38)22-39-31-12-4-24(3)5-13-31/h4-7,9-10,12-13,19,23,30,38H,8,11,14-18,20-22H2,1-3H3/t30-/m1/s1. The lowest BCUT2D eigenvalue weighted by molar-refractivity contribution is -0.120. The molecule has 7 nitrogen and oxygen atoms in total. The number of carbonyl (C=O) groups is 1. The Morgan fingerprint density at radius 3 is 2.36 bits per heavy atom. The predicted molar refractivity (Wildman–Crippen MR) is 151 cm³/mol. The Hall–Kier alpha value is -3.07. The van der Waals surface area contributed by atoms with E-state index in [9.17, 15) is 14.3 Å². The fourth-order valence-electron chi connectivity index (χ4n) is 4.87. The monoisotopic (exact) mass is 536 g/mol. The molecule has 39 heavy (non-hydrogen) atoms. The van der Waals surface area contributed by atoms with Crippen LogP contribution in [-0.4, -0.2) is 82.4 Å². The van der Waals surface area contributed by atoms with E-state index < -0.39 is 6.10 Å². The molecule has 2 heterocycles. The van der Waals surface area contributed by atoms with E-state index >= 15 is 0 Å². The number of Topliss-reactive ketones (excluding diaryl/α,β-unsaturated/α-hetero) is 1. The zero-order chi connectivity index (χ0) is 27.8. The molecule has 3 aromatic rings. The Morgan fingerprint density at radius 1 is 1.03 bits per heavy atom. The van der Waals surface area contributed by atoms with Crippen molar-refractivity contribution in [3.8, 4) is 11.4 Å². The van der Waals surface area contributed by atoms with Gasteiger partial charge < -0.3 is 9.84 Å². The average Bonchev–Trinajstić information content (AvgIpc) is 3.30. The number of halogens is 1. The fourth-order valence-corrected chi connectivity index (χ4v) is 4.87. The second-order valence-corrected chi connectivity index (χ2v) is 11.0. The van der Waals surface area contributed by atoms with Gasteiger partial charge in [-0.25, -0.2) is 9.07 Å². The van der Waals surface area contributed by atoms with E-state index in [1.807, 2.05) is 35.9 Å². The van der Waals surface area contributed by atoms with Crippen LogP contribution in [0.3, 0.4) is 0 Å². The molecule has 1 aliphatic heterocycles. The Labute approximate surface area is 231 Å². The van der Waals surface area contributed by atoms with Crippen LogP contribution in [0.2, 0.25) is 0 Å². The number of aliphatic hydroxyl groups excluding tert-OH is 1. The maximum atomic E-state index is 13.4. The molecule has 2 aromatic carbocycles. The summed E-state index contributed by atoms with van der Waals surface area (Å²) in [5.41, 5.74) is 3.96. The van der Waals surface area contributed by atoms with E-state index in [1.54, 1.807) is 12.1 Å². The molecular weight excluding hydrogens is 495 g/mol. The second-order valence-electron chi connectivity index (χ2n) is 11.0. The summed E-state index contributed by atoms with van der Waals surface area (Å²) in [6, 6.07) is 16.2. The lowest BCUT2D eigenvalue weighted by Crippen LogP contribution is -2.50. The largest absolute Gasteiger partial charge is 0.491 e. The summed E-state index contributed by atoms with van der Waals surface area (Å²) in [7, 11) is 0. The van der Waals surface area contributed by atoms with E-state index in [0.717, 1.165) is 55.4 Å². The highest BCUT2D eigenvalue weighted by Crippen LogP contribution is 2.18. The van der Waals surface area contributed by atoms with Crippen molar-refractivity contribution in [3.05, 3.63) is 77.4 Å². The number of aliphatic hydroxyl groups is 1. The van der Waals surface area contributed by atoms with Gasteiger partial charge in [-0.15, -0.1) is 0 Å². The number of aromatic nitrogens is 2. The van der Waals surface area contributed by atoms with Gasteiger partial charge >= 0.3 is 0 Å². The van der Waals surface area contributed by atoms with Crippen LogP contribution in [0.5, 0.6) is 5.75 Å². The van der Waals surface area contributed by atoms with Crippen LogP contribution in [0.15, 0.2) is 54.6 Å². The highest BCUT2D eigenvalue weighted by molar-refractivity contribution is 5.80. The van der Waals surface area contributed by atoms with Crippen molar-refractivity contribution in [1.82, 2.24) is 19.6 Å². The minimum atomic E-state index is -0.560. The quantitative estimate of drug-likeness (QED) is 0.355. The normalized spacial score (nSPS) is 15.5. The molecule has 0 amide bonds. The Balaban J connectivity index is 1.19. The third kappa shape index (κ3) is 8.98. The molecule has 1 fully saturated rings. The number of carbonyl (C=O) groups excluding carboxylic acids is 1. The molecule has 0 aliphatic carbocycles. The predicted octanol–water partition coefficient (Wildman–Crippen LogP) is 4.08. The van der Waals surface area contributed by atoms with Crippen LogP contribution in [0.1, 0.15) is 37.2 Å². The molecule has 0 saturated carbocycles. The zero-order valence-electron chi connectivity index (χ0n) is 23.4. The molecule has 1 saturated heterocycles. The van der Waals surface area contributed by atoms with Gasteiger partial charge in [-0.1, -0.05) is 31.5 Å². The third-order valence-corrected chi connectivity index (χ3v) is 6.98. The van der Waals surface area contributed by atoms with E-state index in [2.05, 4.69) is 29.7 Å². The van der Waals surface area contributed by atoms with E-state index in [4.69, 9.17) is 9.84 Å². The van der Waals surface area contributed by atoms with Crippen LogP contribution >= 0.6 is 0 Å². The number of hydrogen-bond acceptors (Lipinski definition) is 6. The highest BCUT2D eigenvalue weighted by Gasteiger charge is 2.21. The average molecular weight is 537 g/mol. The lowest BCUT2D eigenvalue weighted by Gasteiger charge is -2.35. The SMILES string of the molecule is Cc1ccc(OC[C@H](O)CN2CCN(CC(=O)CCc3cc(CC(C)C)n(-c4ccc(F)cc4)n3)CC2)cc1. The van der Waals surface area contributed by atoms with Crippen molar-refractivity contribution in [2.75, 3.05) is 45.9 Å². The summed E-state index contributed by atoms with van der Waals surface area (Å²) in [5, 5.41) is 15.1. The van der Waals surface area contributed by atoms with Gasteiger partial charge in [0.25, 0.3) is 0 Å². The summed E-state index contributed by atoms with van der Waals surface area (Å²) in [5.74, 6) is 1.15. The number of β-amino-alcohol motifs (C(OH)–C–C–N with tert-alkyl or cyclic N) is 1. The topological polar surface area (TPSA) is 70.8 Å². The van der Waals surface area contributed by atoms with Gasteiger partial charge in [0.2, 0.25) is 0 Å². The van der Waals surface area contributed by atoms with Crippen molar-refractivity contribution in [1.29, 1.82) is 0 Å². The van der Waals surface area contributed by atoms with Crippen molar-refractivity contribution < 1.29 is 19.0 Å². The van der Waals surface area contributed by atoms with Gasteiger partial charge in [0.15, 0.2) is 0 Å². The summed E-state index contributed by atoms with van der Waals surface area (Å²) in [6.45, 7) is 10.8. The number of aryl methyl sites for hydroxylation is 2. The second kappa shape index (κ2) is 13.8. The van der Waals surface area contributed by atoms with Crippen LogP contribution in [0.4, 0.5) is 4.39 Å². The molecule has 1 N–H and O–H groups in total. The van der Waals surface area contributed by atoms with E-state index in [1.165, 1.54) is 17.7 Å². The Morgan fingerprint density at radius 2 is 1.69 bits per heavy atom. The zero-order valence-corrected chi connectivity index (χ0v) is 23.4. The molecule has 4 rings (SSSR count). The summed E-state index contributed by atoms with van der Waals surface area (Å²) in [4.78, 5) is 17.2. The first-order valence-electron chi connectivity index (χ1n) is 13.9. The molecule has 1 aliphatic rings. The molecule has 8 heteroatoms. The van der Waals surface area contributed by atoms with Crippen molar-refractivity contribution in [2.45, 2.75) is 46.1 Å². The molecule has 0 spiro atoms. The van der Waals surface area contributed by atoms with Crippen LogP contribution in [0.25, 0.3) is 5.69 Å². The Kier molecular flexibility index (Phi) is 10.3. The number of piperazine rings is 1. The number of hydrogen-bond donors (Lipinski definition) is 1. The number of nitrogens with zero attached hydrogens (tertiary/aromatic N) is 4. The fraction of sp³-hybridized carbons (Fsp3) is 0.484. The van der Waals surface area contributed by atoms with E-state index in [0.29, 0.717) is 31.8 Å². The van der Waals surface area contributed by atoms with Gasteiger partial charge in [-0.2, -0.15) is 5.10 Å². The van der Waals surface area contributed by atoms with Gasteiger partial charge in [-0.3, -0.25) is 14.6 Å². The molecule has 210 valence electrons. The molecule has 0 unspecified atom stereocenters. The van der Waals surface area contributed by atoms with Crippen LogP contribution in [-0.2, 0) is 17.6 Å². The number of rotatable bonds is 13. The van der Waals surface area contributed by atoms with Crippen LogP contribution in [0, 0.1) is 18.7 Å². The molecule has 0 bridgehead atoms. The first kappa shape index (κ1) is 28.9. The first-order valence-corrected chi connectivity index (χ1v) is 13.9. The number of ketones is 1. The van der Waals surface area contributed by atoms with Crippen molar-refractivity contribution in [2.24, 2.45) is 5.92 Å². The minimum absolute atomic E-state index is 0.205. The van der Waals surface area contributed by atoms with Gasteiger partial charge in [0.05, 0.1) is 17.9 Å². The summed E-state index contributed by atoms with van der Waals surface area (Å²) >= 11 is 0. The molecular formula is C31H41FN4O3. The summed E-state index contributed by atoms with van der Waals surface area (Å²) < 4.78 is 21.0. The Bertz CT molecular complexity index is 1190. The molecule has 0 radical (unpaired) electrons. The van der Waals surface area contributed by atoms with Gasteiger partial charge in [0.1, 0.15) is 30.1 Å². The highest BCUT2D eigenvalue weighted by atomic mass is 19.1. The van der Waals surface area contributed by atoms with E-state index in [-0.39, 0.29) is 18.2 Å². The molecule has 1 aromatic heterocycles. The van der Waals surface area contributed by atoms with Crippen molar-refractivity contribution in [3.63, 3.8) is 0 Å². The first-order chi connectivity index (χ1) is 18.7. The minimum Gasteiger partial charge on any atom is -0.491 e. The van der Waals surface area contributed by atoms with Gasteiger partial charge in [-0.05, 0) is 68.1 Å².